The number of hydrogen-bond donors (Lipinski definition) is 1. The monoisotopic (exact) mass is 393 g/mol. The van der Waals surface area contributed by atoms with E-state index in [1.165, 1.54) is 6.07 Å². The maximum Gasteiger partial charge on any atom is 0.336 e. The van der Waals surface area contributed by atoms with E-state index in [2.05, 4.69) is 5.32 Å². The SMILES string of the molecule is COc1ccc(C(NC(=O)COc2ccc3c(C)cc(=O)oc3c2)C2CC2)cc1. The first-order valence-electron chi connectivity index (χ1n) is 9.64. The van der Waals surface area contributed by atoms with Gasteiger partial charge in [-0.15, -0.1) is 0 Å². The van der Waals surface area contributed by atoms with Gasteiger partial charge in [0.05, 0.1) is 13.2 Å². The number of aryl methyl sites for hydroxylation is 1. The van der Waals surface area contributed by atoms with Crippen LogP contribution in [0.25, 0.3) is 11.0 Å². The molecule has 6 nitrogen and oxygen atoms in total. The number of carbonyl (C=O) groups is 1. The molecule has 1 saturated carbocycles. The molecule has 2 aromatic carbocycles. The molecule has 1 N–H and O–H groups in total. The lowest BCUT2D eigenvalue weighted by Gasteiger charge is -2.19. The molecule has 0 aliphatic heterocycles. The first-order chi connectivity index (χ1) is 14.0. The van der Waals surface area contributed by atoms with Crippen molar-refractivity contribution in [2.45, 2.75) is 25.8 Å². The summed E-state index contributed by atoms with van der Waals surface area (Å²) in [7, 11) is 1.63. The van der Waals surface area contributed by atoms with Crippen molar-refractivity contribution in [3.05, 3.63) is 70.1 Å². The minimum Gasteiger partial charge on any atom is -0.497 e. The average Bonchev–Trinajstić information content (AvgIpc) is 3.55. The van der Waals surface area contributed by atoms with Crippen LogP contribution in [0.15, 0.2) is 57.7 Å². The molecule has 3 aromatic rings. The number of nitrogens with one attached hydrogen (secondary N) is 1. The van der Waals surface area contributed by atoms with Crippen LogP contribution in [-0.4, -0.2) is 19.6 Å². The van der Waals surface area contributed by atoms with E-state index in [-0.39, 0.29) is 18.6 Å². The van der Waals surface area contributed by atoms with Crippen molar-refractivity contribution < 1.29 is 18.7 Å². The van der Waals surface area contributed by atoms with Crippen molar-refractivity contribution in [3.8, 4) is 11.5 Å². The van der Waals surface area contributed by atoms with Gasteiger partial charge in [0.25, 0.3) is 5.91 Å². The predicted molar refractivity (Wildman–Crippen MR) is 109 cm³/mol. The Kier molecular flexibility index (Phi) is 5.25. The second-order valence-corrected chi connectivity index (χ2v) is 7.35. The third kappa shape index (κ3) is 4.42. The van der Waals surface area contributed by atoms with Crippen molar-refractivity contribution >= 4 is 16.9 Å². The summed E-state index contributed by atoms with van der Waals surface area (Å²) in [6.45, 7) is 1.74. The highest BCUT2D eigenvalue weighted by Crippen LogP contribution is 2.41. The zero-order valence-electron chi connectivity index (χ0n) is 16.4. The van der Waals surface area contributed by atoms with Crippen LogP contribution in [-0.2, 0) is 4.79 Å². The van der Waals surface area contributed by atoms with E-state index >= 15 is 0 Å². The molecule has 29 heavy (non-hydrogen) atoms. The largest absolute Gasteiger partial charge is 0.497 e. The molecular weight excluding hydrogens is 370 g/mol. The lowest BCUT2D eigenvalue weighted by Crippen LogP contribution is -2.33. The van der Waals surface area contributed by atoms with Crippen LogP contribution in [0.5, 0.6) is 11.5 Å². The quantitative estimate of drug-likeness (QED) is 0.619. The first-order valence-corrected chi connectivity index (χ1v) is 9.64. The van der Waals surface area contributed by atoms with Crippen LogP contribution in [0.3, 0.4) is 0 Å². The minimum absolute atomic E-state index is 0.0331. The maximum atomic E-state index is 12.5. The smallest absolute Gasteiger partial charge is 0.336 e. The third-order valence-corrected chi connectivity index (χ3v) is 5.18. The summed E-state index contributed by atoms with van der Waals surface area (Å²) in [5.74, 6) is 1.53. The van der Waals surface area contributed by atoms with Gasteiger partial charge in [-0.2, -0.15) is 0 Å². The summed E-state index contributed by atoms with van der Waals surface area (Å²) in [4.78, 5) is 24.1. The average molecular weight is 393 g/mol. The molecular formula is C23H23NO5. The van der Waals surface area contributed by atoms with Crippen molar-refractivity contribution in [1.29, 1.82) is 0 Å². The molecule has 0 radical (unpaired) electrons. The molecule has 1 heterocycles. The molecule has 0 spiro atoms. The highest BCUT2D eigenvalue weighted by atomic mass is 16.5. The number of methoxy groups -OCH3 is 1. The van der Waals surface area contributed by atoms with Crippen LogP contribution in [0.1, 0.15) is 30.0 Å². The van der Waals surface area contributed by atoms with Gasteiger partial charge in [-0.05, 0) is 61.1 Å². The van der Waals surface area contributed by atoms with Crippen LogP contribution in [0, 0.1) is 12.8 Å². The maximum absolute atomic E-state index is 12.5. The zero-order valence-corrected chi connectivity index (χ0v) is 16.4. The van der Waals surface area contributed by atoms with Gasteiger partial charge in [0.1, 0.15) is 17.1 Å². The van der Waals surface area contributed by atoms with Gasteiger partial charge in [0.2, 0.25) is 0 Å². The van der Waals surface area contributed by atoms with E-state index in [4.69, 9.17) is 13.9 Å². The first kappa shape index (κ1) is 19.1. The molecule has 4 rings (SSSR count). The molecule has 1 aliphatic rings. The van der Waals surface area contributed by atoms with Crippen LogP contribution in [0.2, 0.25) is 0 Å². The molecule has 150 valence electrons. The summed E-state index contributed by atoms with van der Waals surface area (Å²) in [5.41, 5.74) is 1.94. The third-order valence-electron chi connectivity index (χ3n) is 5.18. The molecule has 1 atom stereocenters. The van der Waals surface area contributed by atoms with Gasteiger partial charge >= 0.3 is 5.63 Å². The van der Waals surface area contributed by atoms with Crippen LogP contribution in [0.4, 0.5) is 0 Å². The van der Waals surface area contributed by atoms with E-state index < -0.39 is 5.63 Å². The van der Waals surface area contributed by atoms with Crippen LogP contribution < -0.4 is 20.4 Å². The summed E-state index contributed by atoms with van der Waals surface area (Å²) in [6.07, 6.45) is 2.20. The molecule has 1 amide bonds. The summed E-state index contributed by atoms with van der Waals surface area (Å²) in [5, 5.41) is 3.92. The predicted octanol–water partition coefficient (Wildman–Crippen LogP) is 3.76. The molecule has 1 aromatic heterocycles. The molecule has 1 unspecified atom stereocenters. The van der Waals surface area contributed by atoms with Crippen molar-refractivity contribution in [3.63, 3.8) is 0 Å². The Balaban J connectivity index is 1.42. The lowest BCUT2D eigenvalue weighted by molar-refractivity contribution is -0.124. The van der Waals surface area contributed by atoms with E-state index in [0.29, 0.717) is 17.3 Å². The number of benzene rings is 2. The Labute approximate surface area is 168 Å². The second kappa shape index (κ2) is 7.99. The van der Waals surface area contributed by atoms with E-state index in [1.807, 2.05) is 37.3 Å². The summed E-state index contributed by atoms with van der Waals surface area (Å²) in [6, 6.07) is 14.4. The highest BCUT2D eigenvalue weighted by Gasteiger charge is 2.33. The molecule has 1 aliphatic carbocycles. The fourth-order valence-electron chi connectivity index (χ4n) is 3.47. The Morgan fingerprint density at radius 3 is 2.55 bits per heavy atom. The molecule has 6 heteroatoms. The van der Waals surface area contributed by atoms with Crippen molar-refractivity contribution in [1.82, 2.24) is 5.32 Å². The Morgan fingerprint density at radius 1 is 1.14 bits per heavy atom. The topological polar surface area (TPSA) is 77.8 Å². The molecule has 1 fully saturated rings. The summed E-state index contributed by atoms with van der Waals surface area (Å²) < 4.78 is 16.1. The number of rotatable bonds is 7. The Morgan fingerprint density at radius 2 is 1.86 bits per heavy atom. The van der Waals surface area contributed by atoms with Crippen molar-refractivity contribution in [2.75, 3.05) is 13.7 Å². The van der Waals surface area contributed by atoms with E-state index in [1.54, 1.807) is 19.2 Å². The van der Waals surface area contributed by atoms with Gasteiger partial charge in [-0.3, -0.25) is 4.79 Å². The normalized spacial score (nSPS) is 14.4. The zero-order chi connectivity index (χ0) is 20.4. The fraction of sp³-hybridized carbons (Fsp3) is 0.304. The number of amides is 1. The van der Waals surface area contributed by atoms with Gasteiger partial charge in [0, 0.05) is 17.5 Å². The number of ether oxygens (including phenoxy) is 2. The minimum atomic E-state index is -0.406. The Bertz CT molecular complexity index is 1080. The molecule has 0 saturated heterocycles. The van der Waals surface area contributed by atoms with Crippen LogP contribution >= 0.6 is 0 Å². The standard InChI is InChI=1S/C23H23NO5/c1-14-11-22(26)29-20-12-18(9-10-19(14)20)28-13-21(25)24-23(15-3-4-15)16-5-7-17(27-2)8-6-16/h5-12,15,23H,3-4,13H2,1-2H3,(H,24,25). The molecule has 0 bridgehead atoms. The number of hydrogen-bond acceptors (Lipinski definition) is 5. The highest BCUT2D eigenvalue weighted by molar-refractivity contribution is 5.82. The van der Waals surface area contributed by atoms with Gasteiger partial charge in [-0.25, -0.2) is 4.79 Å². The van der Waals surface area contributed by atoms with Gasteiger partial charge < -0.3 is 19.2 Å². The fourth-order valence-corrected chi connectivity index (χ4v) is 3.47. The number of fused-ring (bicyclic) bond motifs is 1. The van der Waals surface area contributed by atoms with E-state index in [9.17, 15) is 9.59 Å². The Hall–Kier alpha value is -3.28. The van der Waals surface area contributed by atoms with Crippen molar-refractivity contribution in [2.24, 2.45) is 5.92 Å². The lowest BCUT2D eigenvalue weighted by atomic mass is 10.0. The second-order valence-electron chi connectivity index (χ2n) is 7.35. The van der Waals surface area contributed by atoms with Gasteiger partial charge in [0.15, 0.2) is 6.61 Å². The van der Waals surface area contributed by atoms with E-state index in [0.717, 1.165) is 35.1 Å². The van der Waals surface area contributed by atoms with Gasteiger partial charge in [-0.1, -0.05) is 12.1 Å². The number of carbonyl (C=O) groups excluding carboxylic acids is 1. The summed E-state index contributed by atoms with van der Waals surface area (Å²) >= 11 is 0.